The van der Waals surface area contributed by atoms with Crippen LogP contribution in [0.15, 0.2) is 59.1 Å². The lowest BCUT2D eigenvalue weighted by atomic mass is 10.0. The number of rotatable bonds is 7. The van der Waals surface area contributed by atoms with Crippen LogP contribution in [0.3, 0.4) is 0 Å². The number of allylic oxidation sites excluding steroid dienone is 1. The van der Waals surface area contributed by atoms with Crippen molar-refractivity contribution in [2.75, 3.05) is 5.32 Å². The second kappa shape index (κ2) is 9.85. The summed E-state index contributed by atoms with van der Waals surface area (Å²) in [6, 6.07) is 13.5. The Morgan fingerprint density at radius 3 is 2.59 bits per heavy atom. The molecule has 1 aliphatic carbocycles. The van der Waals surface area contributed by atoms with Gasteiger partial charge in [0.25, 0.3) is 0 Å². The summed E-state index contributed by atoms with van der Waals surface area (Å²) in [4.78, 5) is 12.5. The molecule has 0 radical (unpaired) electrons. The lowest BCUT2D eigenvalue weighted by Gasteiger charge is -2.10. The van der Waals surface area contributed by atoms with E-state index in [-0.39, 0.29) is 18.2 Å². The van der Waals surface area contributed by atoms with Gasteiger partial charge in [0.1, 0.15) is 0 Å². The number of halogens is 4. The van der Waals surface area contributed by atoms with Gasteiger partial charge in [0.05, 0.1) is 12.1 Å². The number of amides is 1. The molecule has 5 nitrogen and oxygen atoms in total. The van der Waals surface area contributed by atoms with E-state index in [1.54, 1.807) is 30.3 Å². The molecule has 1 aromatic heterocycles. The number of alkyl halides is 3. The van der Waals surface area contributed by atoms with E-state index in [1.165, 1.54) is 10.9 Å². The predicted octanol–water partition coefficient (Wildman–Crippen LogP) is 6.50. The largest absolute Gasteiger partial charge is 0.435 e. The van der Waals surface area contributed by atoms with Crippen LogP contribution in [0.1, 0.15) is 46.8 Å². The Bertz CT molecular complexity index is 1240. The van der Waals surface area contributed by atoms with Gasteiger partial charge in [-0.25, -0.2) is 4.68 Å². The molecule has 1 heterocycles. The van der Waals surface area contributed by atoms with Gasteiger partial charge in [0.2, 0.25) is 5.91 Å². The molecular formula is C25H22ClF3N4O. The van der Waals surface area contributed by atoms with Crippen molar-refractivity contribution >= 4 is 35.7 Å². The van der Waals surface area contributed by atoms with Gasteiger partial charge in [-0.15, -0.1) is 0 Å². The molecule has 0 bridgehead atoms. The number of hydrogen-bond donors (Lipinski definition) is 1. The monoisotopic (exact) mass is 486 g/mol. The number of nitrogens with zero attached hydrogens (tertiary/aromatic N) is 3. The Kier molecular flexibility index (Phi) is 6.88. The normalized spacial score (nSPS) is 14.3. The molecule has 34 heavy (non-hydrogen) atoms. The molecule has 0 aliphatic heterocycles. The molecule has 1 saturated carbocycles. The number of carbonyl (C=O) groups is 1. The highest BCUT2D eigenvalue weighted by Crippen LogP contribution is 2.43. The van der Waals surface area contributed by atoms with Gasteiger partial charge in [-0.2, -0.15) is 22.8 Å². The third kappa shape index (κ3) is 5.75. The number of carbonyl (C=O) groups excluding carboxylic acids is 1. The van der Waals surface area contributed by atoms with Gasteiger partial charge in [-0.1, -0.05) is 24.3 Å². The molecule has 2 aromatic carbocycles. The third-order valence-electron chi connectivity index (χ3n) is 5.55. The maximum Gasteiger partial charge on any atom is 0.435 e. The summed E-state index contributed by atoms with van der Waals surface area (Å²) in [5.74, 6) is -0.106. The van der Waals surface area contributed by atoms with E-state index in [4.69, 9.17) is 11.8 Å². The van der Waals surface area contributed by atoms with E-state index < -0.39 is 11.9 Å². The number of aryl methyl sites for hydroxylation is 1. The average Bonchev–Trinajstić information content (AvgIpc) is 3.53. The first-order valence-electron chi connectivity index (χ1n) is 10.7. The van der Waals surface area contributed by atoms with Crippen LogP contribution in [0.5, 0.6) is 0 Å². The standard InChI is InChI=1S/C25H22ClF3N4O/c1-16-4-5-17(13-19(16)3-2-12-30-26)14-24(34)31-20-8-10-21(11-9-20)33-22(18-6-7-18)15-23(32-33)25(27,28)29/h2-5,8-13,15,18H,6-7,14H2,1H3,(H,31,34)/b3-2-,30-12?. The predicted molar refractivity (Wildman–Crippen MR) is 127 cm³/mol. The second-order valence-corrected chi connectivity index (χ2v) is 8.40. The van der Waals surface area contributed by atoms with E-state index in [2.05, 4.69) is 14.9 Å². The van der Waals surface area contributed by atoms with Crippen molar-refractivity contribution in [2.45, 2.75) is 38.3 Å². The lowest BCUT2D eigenvalue weighted by molar-refractivity contribution is -0.141. The first-order chi connectivity index (χ1) is 16.2. The van der Waals surface area contributed by atoms with E-state index in [0.717, 1.165) is 35.6 Å². The quantitative estimate of drug-likeness (QED) is 0.388. The molecule has 0 atom stereocenters. The molecule has 0 spiro atoms. The summed E-state index contributed by atoms with van der Waals surface area (Å²) in [5.41, 5.74) is 3.58. The minimum absolute atomic E-state index is 0.0967. The van der Waals surface area contributed by atoms with E-state index in [1.807, 2.05) is 31.2 Å². The fourth-order valence-corrected chi connectivity index (χ4v) is 3.71. The lowest BCUT2D eigenvalue weighted by Crippen LogP contribution is -2.14. The van der Waals surface area contributed by atoms with Gasteiger partial charge >= 0.3 is 6.18 Å². The molecule has 176 valence electrons. The van der Waals surface area contributed by atoms with E-state index >= 15 is 0 Å². The van der Waals surface area contributed by atoms with Gasteiger partial charge < -0.3 is 5.32 Å². The summed E-state index contributed by atoms with van der Waals surface area (Å²) in [6.45, 7) is 1.97. The SMILES string of the molecule is Cc1ccc(CC(=O)Nc2ccc(-n3nc(C(F)(F)F)cc3C3CC3)cc2)cc1/C=C\C=NCl. The number of anilines is 1. The first kappa shape index (κ1) is 23.8. The fraction of sp³-hybridized carbons (Fsp3) is 0.240. The van der Waals surface area contributed by atoms with Crippen LogP contribution in [-0.2, 0) is 17.4 Å². The highest BCUT2D eigenvalue weighted by Gasteiger charge is 2.38. The van der Waals surface area contributed by atoms with Gasteiger partial charge in [-0.3, -0.25) is 4.79 Å². The van der Waals surface area contributed by atoms with Crippen molar-refractivity contribution in [3.05, 3.63) is 82.7 Å². The smallest absolute Gasteiger partial charge is 0.326 e. The third-order valence-corrected chi connectivity index (χ3v) is 5.66. The van der Waals surface area contributed by atoms with Gasteiger partial charge in [0, 0.05) is 35.3 Å². The Morgan fingerprint density at radius 1 is 1.21 bits per heavy atom. The molecule has 0 unspecified atom stereocenters. The Morgan fingerprint density at radius 2 is 1.94 bits per heavy atom. The van der Waals surface area contributed by atoms with Crippen LogP contribution >= 0.6 is 11.8 Å². The van der Waals surface area contributed by atoms with Crippen molar-refractivity contribution < 1.29 is 18.0 Å². The molecule has 1 aliphatic rings. The van der Waals surface area contributed by atoms with Crippen molar-refractivity contribution in [1.82, 2.24) is 9.78 Å². The number of aromatic nitrogens is 2. The average molecular weight is 487 g/mol. The van der Waals surface area contributed by atoms with Crippen LogP contribution in [0.25, 0.3) is 11.8 Å². The van der Waals surface area contributed by atoms with Crippen molar-refractivity contribution in [3.63, 3.8) is 0 Å². The maximum atomic E-state index is 13.2. The summed E-state index contributed by atoms with van der Waals surface area (Å²) >= 11 is 5.29. The van der Waals surface area contributed by atoms with Crippen molar-refractivity contribution in [1.29, 1.82) is 0 Å². The summed E-state index contributed by atoms with van der Waals surface area (Å²) in [6.07, 6.45) is 2.43. The van der Waals surface area contributed by atoms with Crippen molar-refractivity contribution in [2.24, 2.45) is 4.51 Å². The molecule has 0 saturated heterocycles. The van der Waals surface area contributed by atoms with Crippen LogP contribution in [0, 0.1) is 6.92 Å². The molecule has 1 fully saturated rings. The van der Waals surface area contributed by atoms with E-state index in [9.17, 15) is 18.0 Å². The minimum Gasteiger partial charge on any atom is -0.326 e. The summed E-state index contributed by atoms with van der Waals surface area (Å²) in [7, 11) is 0. The fourth-order valence-electron chi connectivity index (χ4n) is 3.65. The van der Waals surface area contributed by atoms with Crippen LogP contribution in [-0.4, -0.2) is 21.9 Å². The van der Waals surface area contributed by atoms with Crippen LogP contribution in [0.2, 0.25) is 0 Å². The highest BCUT2D eigenvalue weighted by molar-refractivity contribution is 6.18. The van der Waals surface area contributed by atoms with Crippen molar-refractivity contribution in [3.8, 4) is 5.69 Å². The summed E-state index contributed by atoms with van der Waals surface area (Å²) < 4.78 is 44.2. The number of benzene rings is 2. The van der Waals surface area contributed by atoms with Gasteiger partial charge in [-0.05, 0) is 72.9 Å². The Balaban J connectivity index is 1.45. The molecule has 1 amide bonds. The second-order valence-electron chi connectivity index (χ2n) is 8.21. The molecular weight excluding hydrogens is 465 g/mol. The number of hydrogen-bond acceptors (Lipinski definition) is 3. The Labute approximate surface area is 200 Å². The molecule has 4 rings (SSSR count). The number of nitrogens with one attached hydrogen (secondary N) is 1. The maximum absolute atomic E-state index is 13.2. The zero-order valence-electron chi connectivity index (χ0n) is 18.3. The molecule has 3 aromatic rings. The Hall–Kier alpha value is -3.39. The van der Waals surface area contributed by atoms with Crippen LogP contribution < -0.4 is 5.32 Å². The van der Waals surface area contributed by atoms with Gasteiger partial charge in [0.15, 0.2) is 5.69 Å². The highest BCUT2D eigenvalue weighted by atomic mass is 35.5. The zero-order valence-corrected chi connectivity index (χ0v) is 19.1. The van der Waals surface area contributed by atoms with Crippen LogP contribution in [0.4, 0.5) is 18.9 Å². The molecule has 1 N–H and O–H groups in total. The zero-order chi connectivity index (χ0) is 24.3. The summed E-state index contributed by atoms with van der Waals surface area (Å²) in [5, 5.41) is 6.61. The van der Waals surface area contributed by atoms with E-state index in [0.29, 0.717) is 17.1 Å². The minimum atomic E-state index is -4.49. The first-order valence-corrected chi connectivity index (χ1v) is 11.1. The molecule has 9 heteroatoms. The topological polar surface area (TPSA) is 59.3 Å².